The molecule has 0 saturated carbocycles. The Balaban J connectivity index is 1.33. The number of ether oxygens (including phenoxy) is 11. The Labute approximate surface area is 486 Å². The summed E-state index contributed by atoms with van der Waals surface area (Å²) in [7, 11) is 0. The fourth-order valence-electron chi connectivity index (χ4n) is 10.7. The van der Waals surface area contributed by atoms with E-state index in [0.717, 1.165) is 20.8 Å². The second-order valence-corrected chi connectivity index (χ2v) is 21.2. The zero-order valence-corrected chi connectivity index (χ0v) is 46.0. The maximum absolute atomic E-state index is 13.6. The van der Waals surface area contributed by atoms with Crippen molar-refractivity contribution >= 4 is 29.6 Å². The Bertz CT molecular complexity index is 2230. The number of aliphatic hydroxyl groups excluding tert-OH is 18. The van der Waals surface area contributed by atoms with Gasteiger partial charge in [0.15, 0.2) is 31.5 Å². The highest BCUT2D eigenvalue weighted by molar-refractivity contribution is 5.78. The third-order valence-corrected chi connectivity index (χ3v) is 15.1. The number of amides is 4. The van der Waals surface area contributed by atoms with Crippen molar-refractivity contribution in [2.75, 3.05) is 46.2 Å². The van der Waals surface area contributed by atoms with Crippen LogP contribution in [0.5, 0.6) is 0 Å². The molecule has 6 aliphatic rings. The summed E-state index contributed by atoms with van der Waals surface area (Å²) in [6.07, 6.45) is -54.9. The van der Waals surface area contributed by atoms with Crippen molar-refractivity contribution in [1.82, 2.24) is 21.3 Å². The topological polar surface area (TPSA) is 619 Å². The SMILES string of the molecule is CC(=O)N[C@H]1[C@H](OC[C@H]2OC(O)[C@H](NC(C)=O)[C@@H](O[C@@H]3O[C@H](CO)[C@H](O)[C@H](O)[C@H]3O)[C@H]2O)O[C@H](CO)[C@@H](O[C@@H]2O[C@H](CO)[C@H](O[C@@H]3O[C@H](CO)[C@H](O)[C@H](O)[C@H]3NC(C)=O)[C@H](O[C@]3(C(=O)O)C[C@H](O)[C@@H](NC(=O)CO)[C@H]([C@H](O)[C@H](O)CO)O3)[C@H]2O)[C@@H]1O. The lowest BCUT2D eigenvalue weighted by Crippen LogP contribution is -2.72. The molecule has 0 aromatic rings. The van der Waals surface area contributed by atoms with Crippen LogP contribution in [0.15, 0.2) is 0 Å². The van der Waals surface area contributed by atoms with Crippen LogP contribution in [0, 0.1) is 0 Å². The van der Waals surface area contributed by atoms with Crippen LogP contribution in [-0.2, 0) is 76.1 Å². The fraction of sp³-hybridized carbons (Fsp3) is 0.894. The number of aliphatic hydroxyl groups is 18. The lowest BCUT2D eigenvalue weighted by molar-refractivity contribution is -0.399. The van der Waals surface area contributed by atoms with Gasteiger partial charge in [-0.15, -0.1) is 0 Å². The predicted molar refractivity (Wildman–Crippen MR) is 264 cm³/mol. The second kappa shape index (κ2) is 30.8. The summed E-state index contributed by atoms with van der Waals surface area (Å²) in [5, 5.41) is 214. The first-order chi connectivity index (χ1) is 40.5. The molecule has 23 N–H and O–H groups in total. The van der Waals surface area contributed by atoms with Crippen molar-refractivity contribution in [3.63, 3.8) is 0 Å². The molecular formula is C47H78N4O35. The van der Waals surface area contributed by atoms with Crippen LogP contribution in [0.1, 0.15) is 27.2 Å². The summed E-state index contributed by atoms with van der Waals surface area (Å²) in [5.74, 6) is -9.45. The molecule has 0 bridgehead atoms. The fourth-order valence-corrected chi connectivity index (χ4v) is 10.7. The van der Waals surface area contributed by atoms with E-state index in [1.807, 2.05) is 0 Å². The average molecular weight is 1260 g/mol. The number of carboxylic acid groups (broad SMARTS) is 1. The summed E-state index contributed by atoms with van der Waals surface area (Å²) in [6, 6.07) is -7.22. The van der Waals surface area contributed by atoms with Crippen LogP contribution >= 0.6 is 0 Å². The van der Waals surface area contributed by atoms with Gasteiger partial charge >= 0.3 is 5.97 Å². The molecule has 6 fully saturated rings. The number of nitrogens with one attached hydrogen (secondary N) is 4. The highest BCUT2D eigenvalue weighted by Crippen LogP contribution is 2.41. The van der Waals surface area contributed by atoms with Crippen molar-refractivity contribution < 1.29 is 173 Å². The van der Waals surface area contributed by atoms with Crippen LogP contribution in [-0.4, -0.2) is 362 Å². The Kier molecular flexibility index (Phi) is 25.5. The minimum atomic E-state index is -3.42. The van der Waals surface area contributed by atoms with E-state index in [4.69, 9.17) is 52.1 Å². The Morgan fingerprint density at radius 1 is 0.500 bits per heavy atom. The van der Waals surface area contributed by atoms with Gasteiger partial charge in [-0.2, -0.15) is 0 Å². The molecule has 496 valence electrons. The molecular weight excluding hydrogens is 1180 g/mol. The number of carboxylic acids is 1. The summed E-state index contributed by atoms with van der Waals surface area (Å²) in [4.78, 5) is 63.3. The van der Waals surface area contributed by atoms with Crippen LogP contribution in [0.2, 0.25) is 0 Å². The molecule has 39 nitrogen and oxygen atoms in total. The standard InChI is InChI=1S/C47H78N4O35/c1-12(58)48-24-31(68)28(65)17(6-53)78-43(24)83-37-20(9-56)81-45(35(72)40(37)86-47(46(74)75)4-15(61)23(51-22(63)10-57)39(85-47)27(64)16(62)5-52)82-36-19(8-55)80-42(25(32(36)69)49-13(2)59)76-11-21-30(67)38(26(41(73)77-21)50-14(3)60)84-44-34(71)33(70)29(66)18(7-54)79-44/h15-21,23-45,52-57,61-62,64-73H,4-11H2,1-3H3,(H,48,58)(H,49,59)(H,50,60)(H,51,63)(H,74,75)/t15-,16+,17+,18+,19+,20+,21+,23+,24+,25+,26+,27+,28-,29-,30-,31+,32+,33-,34+,35+,36+,37-,38+,39+,40+,41?,42+,43-,44-,45-,47-/m0/s1. The zero-order valence-electron chi connectivity index (χ0n) is 46.0. The van der Waals surface area contributed by atoms with E-state index in [0.29, 0.717) is 0 Å². The van der Waals surface area contributed by atoms with Crippen LogP contribution in [0.3, 0.4) is 0 Å². The highest BCUT2D eigenvalue weighted by atomic mass is 16.8. The largest absolute Gasteiger partial charge is 0.477 e. The van der Waals surface area contributed by atoms with Gasteiger partial charge < -0.3 is 170 Å². The first-order valence-electron chi connectivity index (χ1n) is 26.9. The molecule has 0 spiro atoms. The van der Waals surface area contributed by atoms with E-state index in [1.165, 1.54) is 0 Å². The van der Waals surface area contributed by atoms with Gasteiger partial charge in [-0.3, -0.25) is 19.2 Å². The number of rotatable bonds is 24. The molecule has 6 rings (SSSR count). The number of carbonyl (C=O) groups is 5. The van der Waals surface area contributed by atoms with Gasteiger partial charge in [0, 0.05) is 27.2 Å². The number of carbonyl (C=O) groups excluding carboxylic acids is 4. The number of hydrogen-bond acceptors (Lipinski definition) is 34. The lowest BCUT2D eigenvalue weighted by atomic mass is 9.88. The summed E-state index contributed by atoms with van der Waals surface area (Å²) < 4.78 is 64.0. The van der Waals surface area contributed by atoms with Crippen molar-refractivity contribution in [3.8, 4) is 0 Å². The van der Waals surface area contributed by atoms with Gasteiger partial charge in [-0.05, 0) is 0 Å². The van der Waals surface area contributed by atoms with Gasteiger partial charge in [-0.25, -0.2) is 4.79 Å². The molecule has 31 atom stereocenters. The summed E-state index contributed by atoms with van der Waals surface area (Å²) >= 11 is 0. The zero-order chi connectivity index (χ0) is 64.0. The molecule has 6 aliphatic heterocycles. The van der Waals surface area contributed by atoms with Gasteiger partial charge in [0.25, 0.3) is 5.79 Å². The molecule has 86 heavy (non-hydrogen) atoms. The van der Waals surface area contributed by atoms with Gasteiger partial charge in [0.05, 0.1) is 51.8 Å². The van der Waals surface area contributed by atoms with Gasteiger partial charge in [0.1, 0.15) is 147 Å². The van der Waals surface area contributed by atoms with E-state index in [2.05, 4.69) is 21.3 Å². The minimum Gasteiger partial charge on any atom is -0.477 e. The minimum absolute atomic E-state index is 0.801. The lowest BCUT2D eigenvalue weighted by Gasteiger charge is -2.52. The molecule has 6 heterocycles. The molecule has 0 aromatic carbocycles. The van der Waals surface area contributed by atoms with E-state index >= 15 is 0 Å². The maximum atomic E-state index is 13.6. The van der Waals surface area contributed by atoms with Crippen LogP contribution in [0.4, 0.5) is 0 Å². The normalized spacial score (nSPS) is 44.6. The molecule has 6 saturated heterocycles. The Morgan fingerprint density at radius 3 is 1.53 bits per heavy atom. The highest BCUT2D eigenvalue weighted by Gasteiger charge is 2.62. The van der Waals surface area contributed by atoms with Crippen LogP contribution in [0.25, 0.3) is 0 Å². The van der Waals surface area contributed by atoms with E-state index in [9.17, 15) is 121 Å². The van der Waals surface area contributed by atoms with Crippen molar-refractivity contribution in [3.05, 3.63) is 0 Å². The molecule has 1 unspecified atom stereocenters. The monoisotopic (exact) mass is 1260 g/mol. The third-order valence-electron chi connectivity index (χ3n) is 15.1. The molecule has 0 aliphatic carbocycles. The van der Waals surface area contributed by atoms with E-state index in [-0.39, 0.29) is 0 Å². The Hall–Kier alpha value is -3.81. The molecule has 0 aromatic heterocycles. The van der Waals surface area contributed by atoms with Gasteiger partial charge in [-0.1, -0.05) is 0 Å². The summed E-state index contributed by atoms with van der Waals surface area (Å²) in [6.45, 7) is -4.79. The van der Waals surface area contributed by atoms with Crippen molar-refractivity contribution in [2.45, 2.75) is 217 Å². The van der Waals surface area contributed by atoms with E-state index < -0.39 is 272 Å². The van der Waals surface area contributed by atoms with Crippen molar-refractivity contribution in [2.24, 2.45) is 0 Å². The van der Waals surface area contributed by atoms with Crippen LogP contribution < -0.4 is 21.3 Å². The predicted octanol–water partition coefficient (Wildman–Crippen LogP) is -15.3. The smallest absolute Gasteiger partial charge is 0.364 e. The summed E-state index contributed by atoms with van der Waals surface area (Å²) in [5.41, 5.74) is 0. The average Bonchev–Trinajstić information content (AvgIpc) is 0.913. The number of hydrogen-bond donors (Lipinski definition) is 23. The quantitative estimate of drug-likeness (QED) is 0.0427. The van der Waals surface area contributed by atoms with E-state index in [1.54, 1.807) is 0 Å². The second-order valence-electron chi connectivity index (χ2n) is 21.2. The first-order valence-corrected chi connectivity index (χ1v) is 26.9. The Morgan fingerprint density at radius 2 is 0.988 bits per heavy atom. The van der Waals surface area contributed by atoms with Gasteiger partial charge in [0.2, 0.25) is 23.6 Å². The molecule has 0 radical (unpaired) electrons. The molecule has 4 amide bonds. The number of aliphatic carboxylic acids is 1. The molecule has 39 heteroatoms. The maximum Gasteiger partial charge on any atom is 0.364 e. The first kappa shape index (κ1) is 71.3. The third kappa shape index (κ3) is 15.8. The van der Waals surface area contributed by atoms with Crippen molar-refractivity contribution in [1.29, 1.82) is 0 Å².